The van der Waals surface area contributed by atoms with Crippen LogP contribution in [-0.2, 0) is 6.54 Å². The number of ether oxygens (including phenoxy) is 1. The highest BCUT2D eigenvalue weighted by atomic mass is 19.3. The number of nitro benzene ring substituents is 1. The number of nitro groups is 1. The van der Waals surface area contributed by atoms with E-state index in [0.717, 1.165) is 6.07 Å². The standard InChI is InChI=1S/C15H13F3N2O3/c16-13-7-11(20(21)22)4-5-14(13)19-8-10-2-1-3-12(6-10)23-9-15(17)18/h1-7,15,19H,8-9H2. The highest BCUT2D eigenvalue weighted by molar-refractivity contribution is 5.50. The normalized spacial score (nSPS) is 10.6. The van der Waals surface area contributed by atoms with E-state index in [4.69, 9.17) is 4.74 Å². The summed E-state index contributed by atoms with van der Waals surface area (Å²) >= 11 is 0. The molecular weight excluding hydrogens is 313 g/mol. The Morgan fingerprint density at radius 3 is 2.65 bits per heavy atom. The summed E-state index contributed by atoms with van der Waals surface area (Å²) in [5.41, 5.74) is 0.458. The molecule has 0 saturated carbocycles. The van der Waals surface area contributed by atoms with Gasteiger partial charge in [0.1, 0.15) is 12.4 Å². The molecule has 2 rings (SSSR count). The number of hydrogen-bond donors (Lipinski definition) is 1. The lowest BCUT2D eigenvalue weighted by Crippen LogP contribution is -2.07. The van der Waals surface area contributed by atoms with Gasteiger partial charge < -0.3 is 10.1 Å². The predicted octanol–water partition coefficient (Wildman–Crippen LogP) is 3.99. The maximum atomic E-state index is 13.7. The summed E-state index contributed by atoms with van der Waals surface area (Å²) in [6.07, 6.45) is -2.56. The Balaban J connectivity index is 2.00. The van der Waals surface area contributed by atoms with Crippen LogP contribution in [0.3, 0.4) is 0 Å². The van der Waals surface area contributed by atoms with Crippen LogP contribution in [0.25, 0.3) is 0 Å². The number of rotatable bonds is 7. The number of non-ortho nitro benzene ring substituents is 1. The summed E-state index contributed by atoms with van der Waals surface area (Å²) in [5, 5.41) is 13.3. The van der Waals surface area contributed by atoms with Gasteiger partial charge in [0.2, 0.25) is 0 Å². The van der Waals surface area contributed by atoms with Crippen LogP contribution in [0.2, 0.25) is 0 Å². The van der Waals surface area contributed by atoms with Gasteiger partial charge in [0.25, 0.3) is 12.1 Å². The molecule has 2 aromatic rings. The van der Waals surface area contributed by atoms with Gasteiger partial charge in [-0.1, -0.05) is 12.1 Å². The quantitative estimate of drug-likeness (QED) is 0.617. The van der Waals surface area contributed by atoms with E-state index in [0.29, 0.717) is 5.56 Å². The van der Waals surface area contributed by atoms with Crippen molar-refractivity contribution in [3.8, 4) is 5.75 Å². The van der Waals surface area contributed by atoms with Gasteiger partial charge in [0.05, 0.1) is 16.7 Å². The van der Waals surface area contributed by atoms with Gasteiger partial charge in [-0.15, -0.1) is 0 Å². The fraction of sp³-hybridized carbons (Fsp3) is 0.200. The average molecular weight is 326 g/mol. The van der Waals surface area contributed by atoms with E-state index >= 15 is 0 Å². The van der Waals surface area contributed by atoms with Crippen molar-refractivity contribution in [2.24, 2.45) is 0 Å². The second-order valence-corrected chi connectivity index (χ2v) is 4.62. The molecule has 0 heterocycles. The Labute approximate surface area is 129 Å². The minimum Gasteiger partial charge on any atom is -0.488 e. The average Bonchev–Trinajstić information content (AvgIpc) is 2.52. The molecule has 0 aromatic heterocycles. The highest BCUT2D eigenvalue weighted by Gasteiger charge is 2.10. The number of halogens is 3. The largest absolute Gasteiger partial charge is 0.488 e. The first-order chi connectivity index (χ1) is 11.0. The van der Waals surface area contributed by atoms with Crippen molar-refractivity contribution in [3.05, 3.63) is 64.0 Å². The molecule has 0 aliphatic carbocycles. The molecule has 0 aliphatic heterocycles. The van der Waals surface area contributed by atoms with Crippen molar-refractivity contribution < 1.29 is 22.8 Å². The van der Waals surface area contributed by atoms with E-state index in [1.807, 2.05) is 0 Å². The fourth-order valence-corrected chi connectivity index (χ4v) is 1.86. The summed E-state index contributed by atoms with van der Waals surface area (Å²) in [6.45, 7) is -0.492. The minimum atomic E-state index is -2.56. The molecule has 23 heavy (non-hydrogen) atoms. The molecule has 1 N–H and O–H groups in total. The summed E-state index contributed by atoms with van der Waals surface area (Å²) in [4.78, 5) is 9.86. The fourth-order valence-electron chi connectivity index (χ4n) is 1.86. The zero-order chi connectivity index (χ0) is 16.8. The Kier molecular flexibility index (Phi) is 5.40. The number of alkyl halides is 2. The molecule has 0 aliphatic rings. The second kappa shape index (κ2) is 7.48. The minimum absolute atomic E-state index is 0.106. The van der Waals surface area contributed by atoms with E-state index in [-0.39, 0.29) is 23.7 Å². The molecule has 0 saturated heterocycles. The molecule has 0 fully saturated rings. The van der Waals surface area contributed by atoms with Crippen LogP contribution in [0.1, 0.15) is 5.56 Å². The van der Waals surface area contributed by atoms with Crippen LogP contribution >= 0.6 is 0 Å². The highest BCUT2D eigenvalue weighted by Crippen LogP contribution is 2.22. The summed E-state index contributed by atoms with van der Waals surface area (Å²) in [7, 11) is 0. The first-order valence-electron chi connectivity index (χ1n) is 6.63. The SMILES string of the molecule is O=[N+]([O-])c1ccc(NCc2cccc(OCC(F)F)c2)c(F)c1. The monoisotopic (exact) mass is 326 g/mol. The lowest BCUT2D eigenvalue weighted by molar-refractivity contribution is -0.385. The number of hydrogen-bond acceptors (Lipinski definition) is 4. The molecular formula is C15H13F3N2O3. The number of benzene rings is 2. The third kappa shape index (κ3) is 4.87. The first-order valence-corrected chi connectivity index (χ1v) is 6.63. The molecule has 2 aromatic carbocycles. The zero-order valence-electron chi connectivity index (χ0n) is 11.8. The van der Waals surface area contributed by atoms with Crippen molar-refractivity contribution in [1.29, 1.82) is 0 Å². The van der Waals surface area contributed by atoms with Gasteiger partial charge in [0, 0.05) is 12.6 Å². The lowest BCUT2D eigenvalue weighted by atomic mass is 10.2. The van der Waals surface area contributed by atoms with Crippen molar-refractivity contribution in [3.63, 3.8) is 0 Å². The molecule has 0 amide bonds. The van der Waals surface area contributed by atoms with Gasteiger partial charge in [0.15, 0.2) is 5.82 Å². The van der Waals surface area contributed by atoms with Crippen molar-refractivity contribution in [2.45, 2.75) is 13.0 Å². The van der Waals surface area contributed by atoms with Gasteiger partial charge in [-0.2, -0.15) is 0 Å². The van der Waals surface area contributed by atoms with Crippen molar-refractivity contribution in [1.82, 2.24) is 0 Å². The van der Waals surface area contributed by atoms with Crippen molar-refractivity contribution >= 4 is 11.4 Å². The number of anilines is 1. The van der Waals surface area contributed by atoms with Crippen LogP contribution in [0, 0.1) is 15.9 Å². The predicted molar refractivity (Wildman–Crippen MR) is 78.3 cm³/mol. The van der Waals surface area contributed by atoms with Gasteiger partial charge in [-0.05, 0) is 23.8 Å². The smallest absolute Gasteiger partial charge is 0.272 e. The third-order valence-corrected chi connectivity index (χ3v) is 2.92. The molecule has 0 spiro atoms. The Morgan fingerprint density at radius 1 is 1.22 bits per heavy atom. The van der Waals surface area contributed by atoms with Crippen LogP contribution in [-0.4, -0.2) is 18.0 Å². The topological polar surface area (TPSA) is 64.4 Å². The van der Waals surface area contributed by atoms with Gasteiger partial charge >= 0.3 is 0 Å². The summed E-state index contributed by atoms with van der Waals surface area (Å²) in [6, 6.07) is 9.72. The van der Waals surface area contributed by atoms with Crippen LogP contribution < -0.4 is 10.1 Å². The van der Waals surface area contributed by atoms with E-state index in [9.17, 15) is 23.3 Å². The third-order valence-electron chi connectivity index (χ3n) is 2.92. The summed E-state index contributed by atoms with van der Waals surface area (Å²) in [5.74, 6) is -0.460. The maximum absolute atomic E-state index is 13.7. The first kappa shape index (κ1) is 16.6. The molecule has 0 atom stereocenters. The molecule has 122 valence electrons. The second-order valence-electron chi connectivity index (χ2n) is 4.62. The van der Waals surface area contributed by atoms with Crippen LogP contribution in [0.4, 0.5) is 24.5 Å². The molecule has 8 heteroatoms. The van der Waals surface area contributed by atoms with Gasteiger partial charge in [-0.25, -0.2) is 13.2 Å². The zero-order valence-corrected chi connectivity index (χ0v) is 11.8. The summed E-state index contributed by atoms with van der Waals surface area (Å²) < 4.78 is 42.8. The molecule has 5 nitrogen and oxygen atoms in total. The van der Waals surface area contributed by atoms with Crippen LogP contribution in [0.5, 0.6) is 5.75 Å². The van der Waals surface area contributed by atoms with E-state index in [1.165, 1.54) is 12.1 Å². The lowest BCUT2D eigenvalue weighted by Gasteiger charge is -2.10. The number of nitrogens with one attached hydrogen (secondary N) is 1. The molecule has 0 radical (unpaired) electrons. The molecule has 0 bridgehead atoms. The Bertz CT molecular complexity index is 695. The Hall–Kier alpha value is -2.77. The maximum Gasteiger partial charge on any atom is 0.272 e. The van der Waals surface area contributed by atoms with Gasteiger partial charge in [-0.3, -0.25) is 10.1 Å². The van der Waals surface area contributed by atoms with E-state index in [1.54, 1.807) is 24.3 Å². The number of nitrogens with zero attached hydrogens (tertiary/aromatic N) is 1. The van der Waals surface area contributed by atoms with Crippen LogP contribution in [0.15, 0.2) is 42.5 Å². The van der Waals surface area contributed by atoms with Crippen molar-refractivity contribution in [2.75, 3.05) is 11.9 Å². The van der Waals surface area contributed by atoms with E-state index in [2.05, 4.69) is 5.32 Å². The Morgan fingerprint density at radius 2 is 2.00 bits per heavy atom. The van der Waals surface area contributed by atoms with E-state index < -0.39 is 23.8 Å². The molecule has 0 unspecified atom stereocenters.